The first-order valence-corrected chi connectivity index (χ1v) is 5.83. The fraction of sp³-hybridized carbons (Fsp3) is 0.900. The maximum atomic E-state index is 4.09. The minimum Gasteiger partial charge on any atom is -0.307 e. The Kier molecular flexibility index (Phi) is 2.20. The van der Waals surface area contributed by atoms with Crippen LogP contribution in [0.3, 0.4) is 0 Å². The maximum Gasteiger partial charge on any atom is 0.165 e. The van der Waals surface area contributed by atoms with E-state index in [0.717, 1.165) is 24.3 Å². The monoisotopic (exact) mass is 207 g/mol. The largest absolute Gasteiger partial charge is 0.307 e. The molecule has 2 fully saturated rings. The van der Waals surface area contributed by atoms with Crippen molar-refractivity contribution in [1.82, 2.24) is 25.5 Å². The van der Waals surface area contributed by atoms with Crippen LogP contribution in [0.5, 0.6) is 0 Å². The minimum absolute atomic E-state index is 0.547. The van der Waals surface area contributed by atoms with Gasteiger partial charge in [0.25, 0.3) is 0 Å². The van der Waals surface area contributed by atoms with Crippen LogP contribution < -0.4 is 5.32 Å². The highest BCUT2D eigenvalue weighted by molar-refractivity contribution is 4.91. The second-order valence-corrected chi connectivity index (χ2v) is 4.93. The van der Waals surface area contributed by atoms with E-state index in [0.29, 0.717) is 6.04 Å². The summed E-state index contributed by atoms with van der Waals surface area (Å²) in [6.07, 6.45) is 5.06. The van der Waals surface area contributed by atoms with E-state index in [1.165, 1.54) is 25.7 Å². The topological polar surface area (TPSA) is 55.6 Å². The number of nitrogens with zero attached hydrogens (tertiary/aromatic N) is 4. The standard InChI is InChI=1S/C10H17N5/c1-7-4-9(5-7)15-10(12-13-14-15)6-11-8-2-3-8/h7-9,11H,2-6H2,1H3. The summed E-state index contributed by atoms with van der Waals surface area (Å²) in [5.74, 6) is 1.84. The van der Waals surface area contributed by atoms with Gasteiger partial charge in [0.05, 0.1) is 12.6 Å². The molecule has 0 unspecified atom stereocenters. The molecule has 0 aromatic carbocycles. The number of tetrazole rings is 1. The third-order valence-electron chi connectivity index (χ3n) is 3.38. The summed E-state index contributed by atoms with van der Waals surface area (Å²) in [6, 6.07) is 1.27. The van der Waals surface area contributed by atoms with Crippen molar-refractivity contribution in [2.45, 2.75) is 51.2 Å². The molecule has 0 atom stereocenters. The quantitative estimate of drug-likeness (QED) is 0.797. The lowest BCUT2D eigenvalue weighted by Crippen LogP contribution is -2.29. The fourth-order valence-corrected chi connectivity index (χ4v) is 2.19. The van der Waals surface area contributed by atoms with E-state index >= 15 is 0 Å². The Labute approximate surface area is 89.2 Å². The minimum atomic E-state index is 0.547. The molecule has 82 valence electrons. The summed E-state index contributed by atoms with van der Waals surface area (Å²) in [7, 11) is 0. The first-order valence-electron chi connectivity index (χ1n) is 5.83. The zero-order chi connectivity index (χ0) is 10.3. The van der Waals surface area contributed by atoms with Gasteiger partial charge in [-0.25, -0.2) is 4.68 Å². The first-order chi connectivity index (χ1) is 7.33. The highest BCUT2D eigenvalue weighted by Gasteiger charge is 2.30. The van der Waals surface area contributed by atoms with Gasteiger partial charge in [-0.3, -0.25) is 0 Å². The van der Waals surface area contributed by atoms with Crippen LogP contribution in [0, 0.1) is 5.92 Å². The summed E-state index contributed by atoms with van der Waals surface area (Å²) >= 11 is 0. The third-order valence-corrected chi connectivity index (χ3v) is 3.38. The predicted octanol–water partition coefficient (Wildman–Crippen LogP) is 0.896. The molecule has 0 bridgehead atoms. The van der Waals surface area contributed by atoms with Crippen LogP contribution in [-0.4, -0.2) is 26.2 Å². The maximum absolute atomic E-state index is 4.09. The van der Waals surface area contributed by atoms with E-state index < -0.39 is 0 Å². The molecule has 2 aliphatic carbocycles. The Morgan fingerprint density at radius 2 is 2.20 bits per heavy atom. The molecule has 2 aliphatic rings. The van der Waals surface area contributed by atoms with Gasteiger partial charge in [0.2, 0.25) is 0 Å². The lowest BCUT2D eigenvalue weighted by Gasteiger charge is -2.32. The van der Waals surface area contributed by atoms with Gasteiger partial charge < -0.3 is 5.32 Å². The molecular weight excluding hydrogens is 190 g/mol. The molecule has 1 aromatic rings. The summed E-state index contributed by atoms with van der Waals surface area (Å²) in [5, 5.41) is 15.4. The van der Waals surface area contributed by atoms with Gasteiger partial charge in [-0.05, 0) is 42.0 Å². The van der Waals surface area contributed by atoms with Crippen molar-refractivity contribution >= 4 is 0 Å². The number of hydrogen-bond acceptors (Lipinski definition) is 4. The lowest BCUT2D eigenvalue weighted by molar-refractivity contribution is 0.192. The van der Waals surface area contributed by atoms with Gasteiger partial charge in [-0.2, -0.15) is 0 Å². The first kappa shape index (κ1) is 9.27. The molecular formula is C10H17N5. The number of nitrogens with one attached hydrogen (secondary N) is 1. The van der Waals surface area contributed by atoms with E-state index in [1.54, 1.807) is 0 Å². The number of hydrogen-bond donors (Lipinski definition) is 1. The third kappa shape index (κ3) is 1.88. The molecule has 0 saturated heterocycles. The number of aromatic nitrogens is 4. The molecule has 1 aromatic heterocycles. The Bertz CT molecular complexity index is 337. The zero-order valence-electron chi connectivity index (χ0n) is 9.06. The van der Waals surface area contributed by atoms with Gasteiger partial charge in [-0.15, -0.1) is 5.10 Å². The second kappa shape index (κ2) is 3.56. The smallest absolute Gasteiger partial charge is 0.165 e. The lowest BCUT2D eigenvalue weighted by atomic mass is 9.82. The summed E-state index contributed by atoms with van der Waals surface area (Å²) < 4.78 is 2.01. The van der Waals surface area contributed by atoms with Gasteiger partial charge in [0.15, 0.2) is 5.82 Å². The molecule has 0 amide bonds. The molecule has 0 aliphatic heterocycles. The molecule has 2 saturated carbocycles. The average Bonchev–Trinajstić information content (AvgIpc) is 2.89. The Morgan fingerprint density at radius 1 is 1.40 bits per heavy atom. The van der Waals surface area contributed by atoms with Crippen LogP contribution in [-0.2, 0) is 6.54 Å². The van der Waals surface area contributed by atoms with Crippen molar-refractivity contribution in [3.8, 4) is 0 Å². The van der Waals surface area contributed by atoms with Crippen LogP contribution >= 0.6 is 0 Å². The zero-order valence-corrected chi connectivity index (χ0v) is 9.06. The Morgan fingerprint density at radius 3 is 2.87 bits per heavy atom. The van der Waals surface area contributed by atoms with E-state index in [1.807, 2.05) is 4.68 Å². The fourth-order valence-electron chi connectivity index (χ4n) is 2.19. The SMILES string of the molecule is CC1CC(n2nnnc2CNC2CC2)C1. The van der Waals surface area contributed by atoms with Crippen molar-refractivity contribution in [2.24, 2.45) is 5.92 Å². The van der Waals surface area contributed by atoms with E-state index in [2.05, 4.69) is 27.8 Å². The summed E-state index contributed by atoms with van der Waals surface area (Å²) in [5.41, 5.74) is 0. The number of rotatable bonds is 4. The summed E-state index contributed by atoms with van der Waals surface area (Å²) in [4.78, 5) is 0. The van der Waals surface area contributed by atoms with E-state index in [9.17, 15) is 0 Å². The summed E-state index contributed by atoms with van der Waals surface area (Å²) in [6.45, 7) is 3.10. The van der Waals surface area contributed by atoms with Crippen molar-refractivity contribution in [1.29, 1.82) is 0 Å². The van der Waals surface area contributed by atoms with Crippen molar-refractivity contribution < 1.29 is 0 Å². The molecule has 1 N–H and O–H groups in total. The molecule has 5 nitrogen and oxygen atoms in total. The van der Waals surface area contributed by atoms with Gasteiger partial charge >= 0.3 is 0 Å². The normalized spacial score (nSPS) is 30.2. The van der Waals surface area contributed by atoms with Crippen molar-refractivity contribution in [2.75, 3.05) is 0 Å². The van der Waals surface area contributed by atoms with Gasteiger partial charge in [0.1, 0.15) is 0 Å². The van der Waals surface area contributed by atoms with Crippen LogP contribution in [0.1, 0.15) is 44.5 Å². The van der Waals surface area contributed by atoms with Crippen LogP contribution in [0.4, 0.5) is 0 Å². The Balaban J connectivity index is 1.63. The predicted molar refractivity (Wildman–Crippen MR) is 55.1 cm³/mol. The molecule has 15 heavy (non-hydrogen) atoms. The van der Waals surface area contributed by atoms with Crippen LogP contribution in [0.2, 0.25) is 0 Å². The van der Waals surface area contributed by atoms with Gasteiger partial charge in [-0.1, -0.05) is 6.92 Å². The molecule has 0 spiro atoms. The highest BCUT2D eigenvalue weighted by Crippen LogP contribution is 2.36. The average molecular weight is 207 g/mol. The highest BCUT2D eigenvalue weighted by atomic mass is 15.6. The molecule has 1 heterocycles. The van der Waals surface area contributed by atoms with E-state index in [4.69, 9.17) is 0 Å². The molecule has 0 radical (unpaired) electrons. The Hall–Kier alpha value is -0.970. The molecule has 5 heteroatoms. The van der Waals surface area contributed by atoms with Gasteiger partial charge in [0, 0.05) is 6.04 Å². The van der Waals surface area contributed by atoms with Crippen LogP contribution in [0.15, 0.2) is 0 Å². The van der Waals surface area contributed by atoms with Crippen molar-refractivity contribution in [3.63, 3.8) is 0 Å². The van der Waals surface area contributed by atoms with E-state index in [-0.39, 0.29) is 0 Å². The van der Waals surface area contributed by atoms with Crippen molar-refractivity contribution in [3.05, 3.63) is 5.82 Å². The second-order valence-electron chi connectivity index (χ2n) is 4.93. The molecule has 3 rings (SSSR count). The van der Waals surface area contributed by atoms with Crippen LogP contribution in [0.25, 0.3) is 0 Å².